The van der Waals surface area contributed by atoms with Crippen LogP contribution in [0.2, 0.25) is 0 Å². The van der Waals surface area contributed by atoms with Crippen molar-refractivity contribution in [3.63, 3.8) is 0 Å². The second kappa shape index (κ2) is 6.71. The summed E-state index contributed by atoms with van der Waals surface area (Å²) < 4.78 is 1.04. The Morgan fingerprint density at radius 2 is 2.05 bits per heavy atom. The van der Waals surface area contributed by atoms with Crippen LogP contribution in [0.5, 0.6) is 0 Å². The van der Waals surface area contributed by atoms with Crippen LogP contribution in [0.4, 0.5) is 0 Å². The number of aryl methyl sites for hydroxylation is 1. The van der Waals surface area contributed by atoms with Crippen molar-refractivity contribution in [2.45, 2.75) is 38.1 Å². The molecule has 1 atom stereocenters. The number of pyridine rings is 1. The van der Waals surface area contributed by atoms with Crippen LogP contribution >= 0.6 is 15.9 Å². The predicted molar refractivity (Wildman–Crippen MR) is 90.6 cm³/mol. The lowest BCUT2D eigenvalue weighted by Gasteiger charge is -2.20. The van der Waals surface area contributed by atoms with E-state index < -0.39 is 0 Å². The molecule has 0 saturated heterocycles. The van der Waals surface area contributed by atoms with Gasteiger partial charge >= 0.3 is 0 Å². The number of halogens is 1. The van der Waals surface area contributed by atoms with Crippen LogP contribution in [0.15, 0.2) is 47.1 Å². The van der Waals surface area contributed by atoms with Gasteiger partial charge in [0.15, 0.2) is 0 Å². The summed E-state index contributed by atoms with van der Waals surface area (Å²) in [6, 6.07) is 13.7. The van der Waals surface area contributed by atoms with Gasteiger partial charge in [0.1, 0.15) is 0 Å². The summed E-state index contributed by atoms with van der Waals surface area (Å²) in [5.74, 6) is 0.487. The largest absolute Gasteiger partial charge is 0.313 e. The number of hydrogen-bond donors (Lipinski definition) is 1. The molecule has 1 aliphatic rings. The SMILES string of the molecule is Cc1ccccc1C(CNC1CC1)Cc1ccc(Br)cn1. The summed E-state index contributed by atoms with van der Waals surface area (Å²) >= 11 is 3.45. The fourth-order valence-corrected chi connectivity index (χ4v) is 2.95. The molecular formula is C18H21BrN2. The molecule has 110 valence electrons. The highest BCUT2D eigenvalue weighted by molar-refractivity contribution is 9.10. The van der Waals surface area contributed by atoms with Gasteiger partial charge in [-0.05, 0) is 65.4 Å². The van der Waals surface area contributed by atoms with Gasteiger partial charge in [0.2, 0.25) is 0 Å². The molecule has 1 aromatic heterocycles. The summed E-state index contributed by atoms with van der Waals surface area (Å²) in [4.78, 5) is 4.54. The minimum absolute atomic E-state index is 0.487. The molecule has 0 spiro atoms. The Labute approximate surface area is 135 Å². The summed E-state index contributed by atoms with van der Waals surface area (Å²) in [7, 11) is 0. The van der Waals surface area contributed by atoms with Crippen molar-refractivity contribution in [3.05, 3.63) is 63.9 Å². The number of aromatic nitrogens is 1. The Morgan fingerprint density at radius 3 is 2.71 bits per heavy atom. The first kappa shape index (κ1) is 14.7. The van der Waals surface area contributed by atoms with E-state index in [2.05, 4.69) is 69.6 Å². The van der Waals surface area contributed by atoms with Crippen LogP contribution in [0.25, 0.3) is 0 Å². The normalized spacial score (nSPS) is 15.9. The Morgan fingerprint density at radius 1 is 1.24 bits per heavy atom. The maximum absolute atomic E-state index is 4.54. The van der Waals surface area contributed by atoms with Crippen LogP contribution in [0, 0.1) is 6.92 Å². The van der Waals surface area contributed by atoms with Gasteiger partial charge in [-0.15, -0.1) is 0 Å². The zero-order valence-electron chi connectivity index (χ0n) is 12.3. The summed E-state index contributed by atoms with van der Waals surface area (Å²) in [6.45, 7) is 3.24. The monoisotopic (exact) mass is 344 g/mol. The van der Waals surface area contributed by atoms with E-state index in [1.807, 2.05) is 6.20 Å². The third-order valence-corrected chi connectivity index (χ3v) is 4.57. The average Bonchev–Trinajstić information content (AvgIpc) is 3.30. The minimum atomic E-state index is 0.487. The zero-order valence-corrected chi connectivity index (χ0v) is 13.9. The van der Waals surface area contributed by atoms with Crippen LogP contribution in [-0.2, 0) is 6.42 Å². The highest BCUT2D eigenvalue weighted by Gasteiger charge is 2.23. The van der Waals surface area contributed by atoms with E-state index in [1.165, 1.54) is 24.0 Å². The molecule has 1 unspecified atom stereocenters. The van der Waals surface area contributed by atoms with Crippen LogP contribution in [0.1, 0.15) is 35.6 Å². The van der Waals surface area contributed by atoms with Gasteiger partial charge in [-0.25, -0.2) is 0 Å². The first-order valence-corrected chi connectivity index (χ1v) is 8.41. The maximum Gasteiger partial charge on any atom is 0.0413 e. The molecule has 0 amide bonds. The van der Waals surface area contributed by atoms with E-state index in [9.17, 15) is 0 Å². The Kier molecular flexibility index (Phi) is 4.71. The Hall–Kier alpha value is -1.19. The van der Waals surface area contributed by atoms with Crippen molar-refractivity contribution in [2.75, 3.05) is 6.54 Å². The third kappa shape index (κ3) is 4.14. The zero-order chi connectivity index (χ0) is 14.7. The lowest BCUT2D eigenvalue weighted by atomic mass is 9.90. The van der Waals surface area contributed by atoms with Gasteiger partial charge in [-0.3, -0.25) is 4.98 Å². The molecular weight excluding hydrogens is 324 g/mol. The van der Waals surface area contributed by atoms with Crippen molar-refractivity contribution in [2.24, 2.45) is 0 Å². The number of rotatable bonds is 6. The predicted octanol–water partition coefficient (Wildman–Crippen LogP) is 4.23. The van der Waals surface area contributed by atoms with Crippen LogP contribution < -0.4 is 5.32 Å². The lowest BCUT2D eigenvalue weighted by Crippen LogP contribution is -2.25. The van der Waals surface area contributed by atoms with Crippen molar-refractivity contribution in [1.29, 1.82) is 0 Å². The molecule has 0 radical (unpaired) electrons. The molecule has 3 rings (SSSR count). The van der Waals surface area contributed by atoms with E-state index in [1.54, 1.807) is 0 Å². The molecule has 1 N–H and O–H groups in total. The number of nitrogens with zero attached hydrogens (tertiary/aromatic N) is 1. The fraction of sp³-hybridized carbons (Fsp3) is 0.389. The minimum Gasteiger partial charge on any atom is -0.313 e. The average molecular weight is 345 g/mol. The van der Waals surface area contributed by atoms with Crippen LogP contribution in [-0.4, -0.2) is 17.6 Å². The highest BCUT2D eigenvalue weighted by Crippen LogP contribution is 2.26. The first-order valence-electron chi connectivity index (χ1n) is 7.61. The first-order chi connectivity index (χ1) is 10.2. The van der Waals surface area contributed by atoms with E-state index in [-0.39, 0.29) is 0 Å². The van der Waals surface area contributed by atoms with E-state index in [4.69, 9.17) is 0 Å². The van der Waals surface area contributed by atoms with Crippen LogP contribution in [0.3, 0.4) is 0 Å². The van der Waals surface area contributed by atoms with Crippen molar-refractivity contribution < 1.29 is 0 Å². The molecule has 21 heavy (non-hydrogen) atoms. The highest BCUT2D eigenvalue weighted by atomic mass is 79.9. The standard InChI is InChI=1S/C18H21BrN2/c1-13-4-2-3-5-18(13)14(11-20-16-8-9-16)10-17-7-6-15(19)12-21-17/h2-7,12,14,16,20H,8-11H2,1H3. The molecule has 1 aromatic carbocycles. The molecule has 3 heteroatoms. The summed E-state index contributed by atoms with van der Waals surface area (Å²) in [5, 5.41) is 3.68. The van der Waals surface area contributed by atoms with E-state index in [0.29, 0.717) is 5.92 Å². The molecule has 0 bridgehead atoms. The molecule has 1 aliphatic carbocycles. The molecule has 2 nitrogen and oxygen atoms in total. The molecule has 0 aliphatic heterocycles. The quantitative estimate of drug-likeness (QED) is 0.847. The molecule has 1 saturated carbocycles. The van der Waals surface area contributed by atoms with Crippen molar-refractivity contribution in [1.82, 2.24) is 10.3 Å². The van der Waals surface area contributed by atoms with Gasteiger partial charge in [0.05, 0.1) is 0 Å². The number of nitrogens with one attached hydrogen (secondary N) is 1. The topological polar surface area (TPSA) is 24.9 Å². The Bertz CT molecular complexity index is 590. The fourth-order valence-electron chi connectivity index (χ4n) is 2.71. The summed E-state index contributed by atoms with van der Waals surface area (Å²) in [5.41, 5.74) is 3.97. The van der Waals surface area contributed by atoms with E-state index in [0.717, 1.165) is 29.2 Å². The van der Waals surface area contributed by atoms with E-state index >= 15 is 0 Å². The van der Waals surface area contributed by atoms with Gasteiger partial charge in [0.25, 0.3) is 0 Å². The molecule has 1 heterocycles. The van der Waals surface area contributed by atoms with Gasteiger partial charge in [-0.2, -0.15) is 0 Å². The van der Waals surface area contributed by atoms with Gasteiger partial charge in [-0.1, -0.05) is 24.3 Å². The van der Waals surface area contributed by atoms with Gasteiger partial charge < -0.3 is 5.32 Å². The molecule has 2 aromatic rings. The second-order valence-corrected chi connectivity index (χ2v) is 6.82. The maximum atomic E-state index is 4.54. The second-order valence-electron chi connectivity index (χ2n) is 5.91. The number of hydrogen-bond acceptors (Lipinski definition) is 2. The molecule has 1 fully saturated rings. The lowest BCUT2D eigenvalue weighted by molar-refractivity contribution is 0.570. The third-order valence-electron chi connectivity index (χ3n) is 4.10. The van der Waals surface area contributed by atoms with Crippen molar-refractivity contribution >= 4 is 15.9 Å². The van der Waals surface area contributed by atoms with Crippen molar-refractivity contribution in [3.8, 4) is 0 Å². The smallest absolute Gasteiger partial charge is 0.0413 e. The summed E-state index contributed by atoms with van der Waals surface area (Å²) in [6.07, 6.45) is 5.53. The van der Waals surface area contributed by atoms with Gasteiger partial charge in [0, 0.05) is 34.9 Å². The Balaban J connectivity index is 1.77. The number of benzene rings is 1.